The van der Waals surface area contributed by atoms with Gasteiger partial charge in [-0.25, -0.2) is 0 Å². The zero-order valence-electron chi connectivity index (χ0n) is 35.7. The number of rotatable bonds is 4. The van der Waals surface area contributed by atoms with Gasteiger partial charge in [0.15, 0.2) is 7.14 Å². The van der Waals surface area contributed by atoms with E-state index in [1.54, 1.807) is 6.07 Å². The first-order valence-electron chi connectivity index (χ1n) is 20.4. The number of ether oxygens (including phenoxy) is 3. The summed E-state index contributed by atoms with van der Waals surface area (Å²) in [5.41, 5.74) is 9.36. The SMILES string of the molecule is CC(C)(C)[P@@]1(=O)COc2c(-c3ccccc3)ccc(O)c21.CC(C)(C)[P@@]1COc2c(-c3ccccc3)ccc(-c3ccc(-c4ccccc4)c4c3[P@@](C(C)(C)C)CO4)c21. The molecule has 0 aromatic heterocycles. The summed E-state index contributed by atoms with van der Waals surface area (Å²) in [6.45, 7) is 20.0. The Labute approximate surface area is 353 Å². The predicted molar refractivity (Wildman–Crippen MR) is 252 cm³/mol. The van der Waals surface area contributed by atoms with Crippen molar-refractivity contribution in [2.24, 2.45) is 0 Å². The van der Waals surface area contributed by atoms with Crippen molar-refractivity contribution in [2.75, 3.05) is 19.0 Å². The highest BCUT2D eigenvalue weighted by Gasteiger charge is 2.48. The van der Waals surface area contributed by atoms with Crippen LogP contribution in [0.3, 0.4) is 0 Å². The van der Waals surface area contributed by atoms with Gasteiger partial charge < -0.3 is 23.9 Å². The molecule has 3 aliphatic rings. The Morgan fingerprint density at radius 1 is 0.475 bits per heavy atom. The Morgan fingerprint density at radius 3 is 1.20 bits per heavy atom. The molecule has 9 rings (SSSR count). The summed E-state index contributed by atoms with van der Waals surface area (Å²) in [5.74, 6) is 2.80. The standard InChI is InChI=1S/C34H36O2P2.C17H19O3P/c1-33(2,3)37-21-35-29-25(23-13-9-7-10-14-23)17-19-27(31(29)37)28-20-18-26(24-15-11-8-12-16-24)30-32(28)38(22-36-30)34(4,5)6;1-17(2,3)21(19)11-20-15-13(9-10-14(18)16(15)21)12-7-5-4-6-8-12/h7-20H,21-22H2,1-6H3;4-10,18H,11H2,1-3H3/t37-,38-;21-/m01/s1. The topological polar surface area (TPSA) is 65.0 Å². The molecule has 59 heavy (non-hydrogen) atoms. The number of hydrogen-bond acceptors (Lipinski definition) is 5. The molecule has 0 saturated heterocycles. The molecule has 6 aromatic carbocycles. The van der Waals surface area contributed by atoms with Gasteiger partial charge in [-0.2, -0.15) is 0 Å². The Morgan fingerprint density at radius 2 is 0.831 bits per heavy atom. The van der Waals surface area contributed by atoms with Crippen molar-refractivity contribution in [3.63, 3.8) is 0 Å². The van der Waals surface area contributed by atoms with E-state index in [9.17, 15) is 9.67 Å². The fraction of sp³-hybridized carbons (Fsp3) is 0.294. The third kappa shape index (κ3) is 7.54. The Balaban J connectivity index is 0.000000195. The van der Waals surface area contributed by atoms with Gasteiger partial charge in [0.25, 0.3) is 0 Å². The van der Waals surface area contributed by atoms with E-state index in [2.05, 4.69) is 126 Å². The number of phenols is 1. The maximum Gasteiger partial charge on any atom is 0.163 e. The molecule has 6 aromatic rings. The molecule has 0 fully saturated rings. The molecule has 0 saturated carbocycles. The summed E-state index contributed by atoms with van der Waals surface area (Å²) in [6, 6.07) is 43.9. The minimum atomic E-state index is -2.80. The van der Waals surface area contributed by atoms with Gasteiger partial charge in [-0.15, -0.1) is 0 Å². The average molecular weight is 841 g/mol. The van der Waals surface area contributed by atoms with E-state index in [4.69, 9.17) is 14.2 Å². The van der Waals surface area contributed by atoms with Crippen LogP contribution in [0.2, 0.25) is 0 Å². The lowest BCUT2D eigenvalue weighted by atomic mass is 9.96. The zero-order chi connectivity index (χ0) is 41.9. The minimum Gasteiger partial charge on any atom is -0.507 e. The van der Waals surface area contributed by atoms with Gasteiger partial charge in [0.2, 0.25) is 0 Å². The lowest BCUT2D eigenvalue weighted by molar-refractivity contribution is 0.390. The Kier molecular flexibility index (Phi) is 10.9. The molecular formula is C51H55O5P3. The highest BCUT2D eigenvalue weighted by Crippen LogP contribution is 2.64. The third-order valence-corrected chi connectivity index (χ3v) is 21.4. The smallest absolute Gasteiger partial charge is 0.163 e. The van der Waals surface area contributed by atoms with Crippen LogP contribution >= 0.6 is 23.0 Å². The Bertz CT molecular complexity index is 2440. The summed E-state index contributed by atoms with van der Waals surface area (Å²) in [4.78, 5) is 0. The summed E-state index contributed by atoms with van der Waals surface area (Å²) in [6.07, 6.45) is 1.71. The molecule has 0 spiro atoms. The highest BCUT2D eigenvalue weighted by atomic mass is 31.2. The number of fused-ring (bicyclic) bond motifs is 3. The van der Waals surface area contributed by atoms with E-state index in [-0.39, 0.29) is 22.4 Å². The molecule has 3 heterocycles. The minimum absolute atomic E-state index is 0.0699. The molecule has 0 aliphatic carbocycles. The summed E-state index contributed by atoms with van der Waals surface area (Å²) >= 11 is 0. The van der Waals surface area contributed by atoms with Gasteiger partial charge in [-0.3, -0.25) is 0 Å². The predicted octanol–water partition coefficient (Wildman–Crippen LogP) is 13.4. The van der Waals surface area contributed by atoms with Crippen LogP contribution in [0.4, 0.5) is 0 Å². The maximum absolute atomic E-state index is 13.4. The average Bonchev–Trinajstić information content (AvgIpc) is 3.96. The van der Waals surface area contributed by atoms with E-state index >= 15 is 0 Å². The van der Waals surface area contributed by atoms with Crippen LogP contribution in [0.5, 0.6) is 23.0 Å². The molecule has 0 unspecified atom stereocenters. The summed E-state index contributed by atoms with van der Waals surface area (Å²) in [5, 5.41) is 13.4. The van der Waals surface area contributed by atoms with Gasteiger partial charge >= 0.3 is 0 Å². The summed E-state index contributed by atoms with van der Waals surface area (Å²) < 4.78 is 32.3. The quantitative estimate of drug-likeness (QED) is 0.179. The summed E-state index contributed by atoms with van der Waals surface area (Å²) in [7, 11) is -3.82. The third-order valence-electron chi connectivity index (χ3n) is 11.6. The van der Waals surface area contributed by atoms with Crippen LogP contribution in [-0.4, -0.2) is 39.6 Å². The monoisotopic (exact) mass is 840 g/mol. The largest absolute Gasteiger partial charge is 0.507 e. The van der Waals surface area contributed by atoms with Crippen molar-refractivity contribution in [1.29, 1.82) is 0 Å². The molecule has 0 radical (unpaired) electrons. The molecule has 304 valence electrons. The number of aromatic hydroxyl groups is 1. The number of phenolic OH excluding ortho intramolecular Hbond substituents is 1. The maximum atomic E-state index is 13.4. The van der Waals surface area contributed by atoms with Gasteiger partial charge in [-0.1, -0.05) is 165 Å². The highest BCUT2D eigenvalue weighted by molar-refractivity contribution is 7.73. The van der Waals surface area contributed by atoms with Crippen LogP contribution < -0.4 is 30.1 Å². The molecule has 1 N–H and O–H groups in total. The van der Waals surface area contributed by atoms with Crippen molar-refractivity contribution in [3.05, 3.63) is 127 Å². The Hall–Kier alpha value is -4.39. The lowest BCUT2D eigenvalue weighted by Gasteiger charge is -2.30. The van der Waals surface area contributed by atoms with Gasteiger partial charge in [0, 0.05) is 32.5 Å². The lowest BCUT2D eigenvalue weighted by Crippen LogP contribution is -2.22. The van der Waals surface area contributed by atoms with E-state index in [1.165, 1.54) is 44.0 Å². The first-order chi connectivity index (χ1) is 28.0. The van der Waals surface area contributed by atoms with E-state index in [1.807, 2.05) is 57.2 Å². The second-order valence-electron chi connectivity index (χ2n) is 18.5. The molecule has 3 atom stereocenters. The van der Waals surface area contributed by atoms with E-state index < -0.39 is 28.1 Å². The first kappa shape index (κ1) is 41.3. The fourth-order valence-corrected chi connectivity index (χ4v) is 15.4. The van der Waals surface area contributed by atoms with Crippen molar-refractivity contribution < 1.29 is 23.9 Å². The van der Waals surface area contributed by atoms with Crippen molar-refractivity contribution >= 4 is 38.9 Å². The molecule has 5 nitrogen and oxygen atoms in total. The van der Waals surface area contributed by atoms with Crippen molar-refractivity contribution in [2.45, 2.75) is 77.8 Å². The van der Waals surface area contributed by atoms with Crippen LogP contribution in [-0.2, 0) is 4.57 Å². The second-order valence-corrected chi connectivity index (χ2v) is 27.8. The molecule has 8 heteroatoms. The molecule has 0 bridgehead atoms. The van der Waals surface area contributed by atoms with Crippen LogP contribution in [0, 0.1) is 0 Å². The molecular weight excluding hydrogens is 785 g/mol. The van der Waals surface area contributed by atoms with Crippen LogP contribution in [0.25, 0.3) is 44.5 Å². The number of hydrogen-bond donors (Lipinski definition) is 1. The van der Waals surface area contributed by atoms with Crippen molar-refractivity contribution in [3.8, 4) is 67.5 Å². The van der Waals surface area contributed by atoms with Crippen LogP contribution in [0.15, 0.2) is 127 Å². The van der Waals surface area contributed by atoms with E-state index in [0.717, 1.165) is 35.3 Å². The van der Waals surface area contributed by atoms with E-state index in [0.29, 0.717) is 11.1 Å². The normalized spacial score (nSPS) is 19.3. The second kappa shape index (κ2) is 15.6. The molecule has 3 aliphatic heterocycles. The first-order valence-corrected chi connectivity index (χ1v) is 25.3. The fourth-order valence-electron chi connectivity index (χ4n) is 8.19. The number of benzene rings is 6. The van der Waals surface area contributed by atoms with Crippen LogP contribution in [0.1, 0.15) is 62.3 Å². The van der Waals surface area contributed by atoms with Gasteiger partial charge in [0.1, 0.15) is 42.0 Å². The molecule has 0 amide bonds. The van der Waals surface area contributed by atoms with Gasteiger partial charge in [0.05, 0.1) is 5.30 Å². The van der Waals surface area contributed by atoms with Crippen molar-refractivity contribution in [1.82, 2.24) is 0 Å². The zero-order valence-corrected chi connectivity index (χ0v) is 38.4. The van der Waals surface area contributed by atoms with Gasteiger partial charge in [-0.05, 0) is 78.2 Å².